The summed E-state index contributed by atoms with van der Waals surface area (Å²) >= 11 is 0. The Morgan fingerprint density at radius 2 is 1.35 bits per heavy atom. The van der Waals surface area contributed by atoms with Crippen LogP contribution in [0.3, 0.4) is 0 Å². The van der Waals surface area contributed by atoms with Crippen LogP contribution in [0, 0.1) is 0 Å². The van der Waals surface area contributed by atoms with Crippen LogP contribution in [-0.2, 0) is 0 Å². The molecule has 94 valence electrons. The Kier molecular flexibility index (Phi) is 3.93. The van der Waals surface area contributed by atoms with E-state index in [1.807, 2.05) is 12.1 Å². The first-order chi connectivity index (χ1) is 8.35. The predicted molar refractivity (Wildman–Crippen MR) is 68.4 cm³/mol. The lowest BCUT2D eigenvalue weighted by Gasteiger charge is -2.13. The molecule has 2 rings (SSSR count). The Balaban J connectivity index is 2.19. The smallest absolute Gasteiger partial charge is 0.163 e. The number of hydrogen-bond donors (Lipinski definition) is 3. The van der Waals surface area contributed by atoms with Gasteiger partial charge in [-0.3, -0.25) is 0 Å². The van der Waals surface area contributed by atoms with E-state index in [2.05, 4.69) is 30.2 Å². The van der Waals surface area contributed by atoms with E-state index in [1.54, 1.807) is 0 Å². The van der Waals surface area contributed by atoms with Crippen LogP contribution in [0.2, 0.25) is 0 Å². The molecule has 0 unspecified atom stereocenters. The molecule has 3 N–H and O–H groups in total. The van der Waals surface area contributed by atoms with Crippen LogP contribution in [0.1, 0.15) is 26.7 Å². The number of rotatable bonds is 6. The zero-order valence-electron chi connectivity index (χ0n) is 10.3. The molecule has 0 saturated carbocycles. The first-order valence-electron chi connectivity index (χ1n) is 6.05. The Morgan fingerprint density at radius 3 is 1.76 bits per heavy atom. The van der Waals surface area contributed by atoms with Gasteiger partial charge in [0.15, 0.2) is 11.5 Å². The molecule has 0 bridgehead atoms. The zero-order valence-corrected chi connectivity index (χ0v) is 10.3. The summed E-state index contributed by atoms with van der Waals surface area (Å²) in [7, 11) is 0. The van der Waals surface area contributed by atoms with E-state index in [0.717, 1.165) is 35.7 Å². The third-order valence-electron chi connectivity index (χ3n) is 2.40. The van der Waals surface area contributed by atoms with Crippen molar-refractivity contribution < 1.29 is 9.47 Å². The van der Waals surface area contributed by atoms with Crippen molar-refractivity contribution >= 4 is 11.4 Å². The van der Waals surface area contributed by atoms with Gasteiger partial charge >= 0.3 is 0 Å². The van der Waals surface area contributed by atoms with E-state index in [1.165, 1.54) is 0 Å². The van der Waals surface area contributed by atoms with Crippen LogP contribution in [0.25, 0.3) is 0 Å². The maximum atomic E-state index is 5.69. The van der Waals surface area contributed by atoms with E-state index >= 15 is 0 Å². The molecular formula is C12H19N3O2. The summed E-state index contributed by atoms with van der Waals surface area (Å²) in [5.41, 5.74) is 10.8. The predicted octanol–water partition coefficient (Wildman–Crippen LogP) is 2.52. The van der Waals surface area contributed by atoms with E-state index in [0.29, 0.717) is 13.2 Å². The summed E-state index contributed by atoms with van der Waals surface area (Å²) in [6, 6.07) is 3.89. The summed E-state index contributed by atoms with van der Waals surface area (Å²) in [6.45, 7) is 5.56. The van der Waals surface area contributed by atoms with Gasteiger partial charge in [-0.25, -0.2) is 0 Å². The molecule has 1 aromatic rings. The van der Waals surface area contributed by atoms with Crippen LogP contribution in [0.4, 0.5) is 11.4 Å². The van der Waals surface area contributed by atoms with Crippen LogP contribution < -0.4 is 25.9 Å². The quantitative estimate of drug-likeness (QED) is 0.710. The van der Waals surface area contributed by atoms with Crippen molar-refractivity contribution in [2.45, 2.75) is 26.7 Å². The topological polar surface area (TPSA) is 54.6 Å². The highest BCUT2D eigenvalue weighted by Crippen LogP contribution is 2.38. The van der Waals surface area contributed by atoms with Gasteiger partial charge in [-0.2, -0.15) is 0 Å². The number of anilines is 2. The molecule has 1 aromatic carbocycles. The van der Waals surface area contributed by atoms with Gasteiger partial charge in [0.25, 0.3) is 0 Å². The highest BCUT2D eigenvalue weighted by molar-refractivity contribution is 5.76. The average molecular weight is 237 g/mol. The van der Waals surface area contributed by atoms with Gasteiger partial charge in [0.2, 0.25) is 0 Å². The van der Waals surface area contributed by atoms with E-state index < -0.39 is 0 Å². The van der Waals surface area contributed by atoms with Gasteiger partial charge in [-0.05, 0) is 12.8 Å². The van der Waals surface area contributed by atoms with Crippen LogP contribution in [-0.4, -0.2) is 13.2 Å². The lowest BCUT2D eigenvalue weighted by atomic mass is 10.2. The van der Waals surface area contributed by atoms with Crippen molar-refractivity contribution in [3.8, 4) is 11.5 Å². The Morgan fingerprint density at radius 1 is 0.882 bits per heavy atom. The van der Waals surface area contributed by atoms with E-state index in [4.69, 9.17) is 9.47 Å². The number of nitrogens with one attached hydrogen (secondary N) is 3. The minimum atomic E-state index is 0.697. The van der Waals surface area contributed by atoms with Gasteiger partial charge in [0.05, 0.1) is 24.6 Å². The molecule has 1 heterocycles. The highest BCUT2D eigenvalue weighted by atomic mass is 16.5. The second kappa shape index (κ2) is 5.63. The van der Waals surface area contributed by atoms with Crippen molar-refractivity contribution in [1.82, 2.24) is 5.53 Å². The van der Waals surface area contributed by atoms with E-state index in [9.17, 15) is 0 Å². The van der Waals surface area contributed by atoms with Crippen molar-refractivity contribution in [3.63, 3.8) is 0 Å². The molecule has 5 heteroatoms. The lowest BCUT2D eigenvalue weighted by Crippen LogP contribution is -2.19. The SMILES string of the molecule is CCCOc1cc2c(cc1OCCC)NNN2. The van der Waals surface area contributed by atoms with Gasteiger partial charge in [-0.1, -0.05) is 13.8 Å². The fourth-order valence-corrected chi connectivity index (χ4v) is 1.58. The minimum absolute atomic E-state index is 0.697. The molecule has 5 nitrogen and oxygen atoms in total. The van der Waals surface area contributed by atoms with Gasteiger partial charge < -0.3 is 20.3 Å². The maximum absolute atomic E-state index is 5.69. The zero-order chi connectivity index (χ0) is 12.1. The molecule has 0 radical (unpaired) electrons. The molecule has 0 atom stereocenters. The fourth-order valence-electron chi connectivity index (χ4n) is 1.58. The monoisotopic (exact) mass is 237 g/mol. The van der Waals surface area contributed by atoms with Crippen LogP contribution in [0.5, 0.6) is 11.5 Å². The molecule has 17 heavy (non-hydrogen) atoms. The first-order valence-corrected chi connectivity index (χ1v) is 6.05. The third kappa shape index (κ3) is 2.74. The summed E-state index contributed by atoms with van der Waals surface area (Å²) in [6.07, 6.45) is 1.96. The second-order valence-corrected chi connectivity index (χ2v) is 3.92. The Bertz CT molecular complexity index is 347. The summed E-state index contributed by atoms with van der Waals surface area (Å²) in [4.78, 5) is 0. The van der Waals surface area contributed by atoms with Gasteiger partial charge in [0, 0.05) is 12.1 Å². The molecule has 0 aliphatic carbocycles. The van der Waals surface area contributed by atoms with Gasteiger partial charge in [-0.15, -0.1) is 5.53 Å². The normalized spacial score (nSPS) is 12.6. The third-order valence-corrected chi connectivity index (χ3v) is 2.40. The highest BCUT2D eigenvalue weighted by Gasteiger charge is 2.15. The molecule has 0 aromatic heterocycles. The van der Waals surface area contributed by atoms with Crippen molar-refractivity contribution in [2.24, 2.45) is 0 Å². The maximum Gasteiger partial charge on any atom is 0.163 e. The lowest BCUT2D eigenvalue weighted by molar-refractivity contribution is 0.268. The van der Waals surface area contributed by atoms with Crippen molar-refractivity contribution in [2.75, 3.05) is 24.1 Å². The average Bonchev–Trinajstić information content (AvgIpc) is 2.80. The number of hydrazine groups is 2. The summed E-state index contributed by atoms with van der Waals surface area (Å²) in [5, 5.41) is 0. The molecule has 0 spiro atoms. The second-order valence-electron chi connectivity index (χ2n) is 3.92. The van der Waals surface area contributed by atoms with Crippen molar-refractivity contribution in [3.05, 3.63) is 12.1 Å². The van der Waals surface area contributed by atoms with Gasteiger partial charge in [0.1, 0.15) is 0 Å². The first kappa shape index (κ1) is 11.9. The summed E-state index contributed by atoms with van der Waals surface area (Å²) in [5.74, 6) is 1.58. The van der Waals surface area contributed by atoms with E-state index in [-0.39, 0.29) is 0 Å². The largest absolute Gasteiger partial charge is 0.490 e. The molecular weight excluding hydrogens is 218 g/mol. The van der Waals surface area contributed by atoms with Crippen LogP contribution in [0.15, 0.2) is 12.1 Å². The summed E-state index contributed by atoms with van der Waals surface area (Å²) < 4.78 is 11.4. The van der Waals surface area contributed by atoms with Crippen molar-refractivity contribution in [1.29, 1.82) is 0 Å². The number of hydrogen-bond acceptors (Lipinski definition) is 5. The Hall–Kier alpha value is -1.62. The fraction of sp³-hybridized carbons (Fsp3) is 0.500. The molecule has 1 aliphatic heterocycles. The molecule has 1 aliphatic rings. The number of ether oxygens (including phenoxy) is 2. The number of benzene rings is 1. The number of fused-ring (bicyclic) bond motifs is 1. The Labute approximate surface area is 101 Å². The molecule has 0 saturated heterocycles. The molecule has 0 fully saturated rings. The minimum Gasteiger partial charge on any atom is -0.490 e. The molecule has 0 amide bonds. The van der Waals surface area contributed by atoms with Crippen LogP contribution >= 0.6 is 0 Å². The standard InChI is InChI=1S/C12H19N3O2/c1-3-5-16-11-7-9-10(14-15-13-9)8-12(11)17-6-4-2/h7-8,13-15H,3-6H2,1-2H3.